The van der Waals surface area contributed by atoms with Crippen molar-refractivity contribution in [2.24, 2.45) is 0 Å². The zero-order valence-corrected chi connectivity index (χ0v) is 12.2. The Bertz CT molecular complexity index is 620. The highest BCUT2D eigenvalue weighted by molar-refractivity contribution is 5.96. The Hall–Kier alpha value is -2.49. The Balaban J connectivity index is 1.81. The molecule has 0 saturated heterocycles. The summed E-state index contributed by atoms with van der Waals surface area (Å²) in [6.07, 6.45) is 0. The number of hydrogen-bond donors (Lipinski definition) is 2. The van der Waals surface area contributed by atoms with Crippen LogP contribution in [0.2, 0.25) is 0 Å². The standard InChI is InChI=1S/C17H19NO3/c1-12-3-6-14(7-4-12)21-10-9-18-17(20)15-11-13(2)5-8-16(15)19/h3-8,11,19H,9-10H2,1-2H3,(H,18,20). The van der Waals surface area contributed by atoms with Crippen LogP contribution < -0.4 is 10.1 Å². The summed E-state index contributed by atoms with van der Waals surface area (Å²) < 4.78 is 5.52. The molecule has 0 fully saturated rings. The lowest BCUT2D eigenvalue weighted by Crippen LogP contribution is -2.28. The molecule has 0 aliphatic heterocycles. The van der Waals surface area contributed by atoms with Crippen molar-refractivity contribution in [1.29, 1.82) is 0 Å². The van der Waals surface area contributed by atoms with E-state index in [0.717, 1.165) is 11.3 Å². The number of benzene rings is 2. The molecule has 0 aliphatic carbocycles. The monoisotopic (exact) mass is 285 g/mol. The largest absolute Gasteiger partial charge is 0.507 e. The van der Waals surface area contributed by atoms with Gasteiger partial charge in [-0.25, -0.2) is 0 Å². The van der Waals surface area contributed by atoms with Crippen LogP contribution >= 0.6 is 0 Å². The first kappa shape index (κ1) is 14.9. The maximum absolute atomic E-state index is 11.9. The molecule has 21 heavy (non-hydrogen) atoms. The highest BCUT2D eigenvalue weighted by Gasteiger charge is 2.10. The number of carbonyl (C=O) groups excluding carboxylic acids is 1. The van der Waals surface area contributed by atoms with Crippen LogP contribution in [0.15, 0.2) is 42.5 Å². The van der Waals surface area contributed by atoms with Crippen molar-refractivity contribution in [3.8, 4) is 11.5 Å². The van der Waals surface area contributed by atoms with Gasteiger partial charge in [-0.3, -0.25) is 4.79 Å². The van der Waals surface area contributed by atoms with Gasteiger partial charge in [-0.15, -0.1) is 0 Å². The van der Waals surface area contributed by atoms with Crippen LogP contribution in [-0.2, 0) is 0 Å². The number of phenolic OH excluding ortho intramolecular Hbond substituents is 1. The molecule has 0 unspecified atom stereocenters. The average molecular weight is 285 g/mol. The summed E-state index contributed by atoms with van der Waals surface area (Å²) in [5.41, 5.74) is 2.38. The number of carbonyl (C=O) groups is 1. The second-order valence-electron chi connectivity index (χ2n) is 4.94. The maximum atomic E-state index is 11.9. The molecule has 0 spiro atoms. The third-order valence-electron chi connectivity index (χ3n) is 3.07. The Labute approximate surface area is 124 Å². The lowest BCUT2D eigenvalue weighted by molar-refractivity contribution is 0.0944. The molecule has 0 aromatic heterocycles. The van der Waals surface area contributed by atoms with E-state index in [0.29, 0.717) is 13.2 Å². The zero-order valence-electron chi connectivity index (χ0n) is 12.2. The Kier molecular flexibility index (Phi) is 4.82. The molecule has 2 rings (SSSR count). The van der Waals surface area contributed by atoms with E-state index in [4.69, 9.17) is 4.74 Å². The molecule has 4 heteroatoms. The predicted molar refractivity (Wildman–Crippen MR) is 81.9 cm³/mol. The maximum Gasteiger partial charge on any atom is 0.255 e. The first-order valence-corrected chi connectivity index (χ1v) is 6.83. The van der Waals surface area contributed by atoms with Crippen molar-refractivity contribution < 1.29 is 14.6 Å². The number of aromatic hydroxyl groups is 1. The lowest BCUT2D eigenvalue weighted by Gasteiger charge is -2.09. The van der Waals surface area contributed by atoms with Crippen molar-refractivity contribution in [3.05, 3.63) is 59.2 Å². The van der Waals surface area contributed by atoms with Gasteiger partial charge in [0.25, 0.3) is 5.91 Å². The fourth-order valence-electron chi connectivity index (χ4n) is 1.89. The van der Waals surface area contributed by atoms with Gasteiger partial charge in [-0.1, -0.05) is 29.3 Å². The fraction of sp³-hybridized carbons (Fsp3) is 0.235. The molecule has 0 bridgehead atoms. The van der Waals surface area contributed by atoms with Gasteiger partial charge in [0.15, 0.2) is 0 Å². The quantitative estimate of drug-likeness (QED) is 0.831. The van der Waals surface area contributed by atoms with Gasteiger partial charge in [-0.2, -0.15) is 0 Å². The molecule has 0 saturated carbocycles. The van der Waals surface area contributed by atoms with E-state index in [9.17, 15) is 9.90 Å². The van der Waals surface area contributed by atoms with Gasteiger partial charge in [0, 0.05) is 0 Å². The molecule has 2 aromatic carbocycles. The minimum atomic E-state index is -0.302. The molecule has 110 valence electrons. The number of rotatable bonds is 5. The van der Waals surface area contributed by atoms with Crippen LogP contribution in [0.4, 0.5) is 0 Å². The van der Waals surface area contributed by atoms with E-state index in [1.165, 1.54) is 11.6 Å². The van der Waals surface area contributed by atoms with Gasteiger partial charge in [-0.05, 0) is 38.1 Å². The number of nitrogens with one attached hydrogen (secondary N) is 1. The number of amides is 1. The van der Waals surface area contributed by atoms with Crippen molar-refractivity contribution in [3.63, 3.8) is 0 Å². The molecule has 2 aromatic rings. The number of hydrogen-bond acceptors (Lipinski definition) is 3. The van der Waals surface area contributed by atoms with Gasteiger partial charge in [0.1, 0.15) is 18.1 Å². The Morgan fingerprint density at radius 1 is 1.10 bits per heavy atom. The van der Waals surface area contributed by atoms with Crippen LogP contribution in [0.5, 0.6) is 11.5 Å². The molecule has 2 N–H and O–H groups in total. The second-order valence-corrected chi connectivity index (χ2v) is 4.94. The van der Waals surface area contributed by atoms with Gasteiger partial charge >= 0.3 is 0 Å². The minimum Gasteiger partial charge on any atom is -0.507 e. The summed E-state index contributed by atoms with van der Waals surface area (Å²) in [6.45, 7) is 4.64. The molecule has 0 atom stereocenters. The van der Waals surface area contributed by atoms with Crippen LogP contribution in [0, 0.1) is 13.8 Å². The van der Waals surface area contributed by atoms with Crippen LogP contribution in [-0.4, -0.2) is 24.2 Å². The van der Waals surface area contributed by atoms with E-state index in [-0.39, 0.29) is 17.2 Å². The van der Waals surface area contributed by atoms with Gasteiger partial charge in [0.05, 0.1) is 12.1 Å². The van der Waals surface area contributed by atoms with Crippen molar-refractivity contribution in [1.82, 2.24) is 5.32 Å². The van der Waals surface area contributed by atoms with Crippen LogP contribution in [0.25, 0.3) is 0 Å². The molecule has 1 amide bonds. The summed E-state index contributed by atoms with van der Waals surface area (Å²) in [4.78, 5) is 11.9. The van der Waals surface area contributed by atoms with E-state index in [2.05, 4.69) is 5.32 Å². The smallest absolute Gasteiger partial charge is 0.255 e. The number of phenols is 1. The summed E-state index contributed by atoms with van der Waals surface area (Å²) in [7, 11) is 0. The molecular weight excluding hydrogens is 266 g/mol. The summed E-state index contributed by atoms with van der Waals surface area (Å²) in [6, 6.07) is 12.7. The SMILES string of the molecule is Cc1ccc(OCCNC(=O)c2cc(C)ccc2O)cc1. The fourth-order valence-corrected chi connectivity index (χ4v) is 1.89. The number of ether oxygens (including phenoxy) is 1. The zero-order chi connectivity index (χ0) is 15.2. The third kappa shape index (κ3) is 4.24. The molecule has 0 heterocycles. The average Bonchev–Trinajstić information content (AvgIpc) is 2.47. The van der Waals surface area contributed by atoms with E-state index in [1.54, 1.807) is 12.1 Å². The van der Waals surface area contributed by atoms with Crippen LogP contribution in [0.3, 0.4) is 0 Å². The third-order valence-corrected chi connectivity index (χ3v) is 3.07. The molecule has 4 nitrogen and oxygen atoms in total. The molecular formula is C17H19NO3. The van der Waals surface area contributed by atoms with Crippen molar-refractivity contribution >= 4 is 5.91 Å². The van der Waals surface area contributed by atoms with E-state index >= 15 is 0 Å². The normalized spacial score (nSPS) is 10.2. The minimum absolute atomic E-state index is 0.0162. The topological polar surface area (TPSA) is 58.6 Å². The van der Waals surface area contributed by atoms with Gasteiger partial charge < -0.3 is 15.2 Å². The summed E-state index contributed by atoms with van der Waals surface area (Å²) >= 11 is 0. The highest BCUT2D eigenvalue weighted by Crippen LogP contribution is 2.17. The number of aryl methyl sites for hydroxylation is 2. The van der Waals surface area contributed by atoms with E-state index < -0.39 is 0 Å². The highest BCUT2D eigenvalue weighted by atomic mass is 16.5. The van der Waals surface area contributed by atoms with E-state index in [1.807, 2.05) is 38.1 Å². The second kappa shape index (κ2) is 6.79. The summed E-state index contributed by atoms with van der Waals surface area (Å²) in [5.74, 6) is 0.453. The lowest BCUT2D eigenvalue weighted by atomic mass is 10.1. The first-order valence-electron chi connectivity index (χ1n) is 6.83. The molecule has 0 aliphatic rings. The van der Waals surface area contributed by atoms with Crippen LogP contribution in [0.1, 0.15) is 21.5 Å². The summed E-state index contributed by atoms with van der Waals surface area (Å²) in [5, 5.41) is 12.4. The van der Waals surface area contributed by atoms with Gasteiger partial charge in [0.2, 0.25) is 0 Å². The van der Waals surface area contributed by atoms with Crippen molar-refractivity contribution in [2.45, 2.75) is 13.8 Å². The molecule has 0 radical (unpaired) electrons. The predicted octanol–water partition coefficient (Wildman–Crippen LogP) is 2.82. The van der Waals surface area contributed by atoms with Crippen molar-refractivity contribution in [2.75, 3.05) is 13.2 Å². The first-order chi connectivity index (χ1) is 10.1. The Morgan fingerprint density at radius 3 is 2.48 bits per heavy atom. The Morgan fingerprint density at radius 2 is 1.76 bits per heavy atom.